The smallest absolute Gasteiger partial charge is 0.131 e. The summed E-state index contributed by atoms with van der Waals surface area (Å²) in [5.41, 5.74) is 8.70. The van der Waals surface area contributed by atoms with Crippen LogP contribution < -0.4 is 5.73 Å². The van der Waals surface area contributed by atoms with Crippen LogP contribution in [0.2, 0.25) is 0 Å². The lowest BCUT2D eigenvalue weighted by molar-refractivity contribution is 0.420. The highest BCUT2D eigenvalue weighted by atomic mass is 16.5. The lowest BCUT2D eigenvalue weighted by Gasteiger charge is -1.98. The van der Waals surface area contributed by atoms with E-state index in [1.54, 1.807) is 12.5 Å². The Hall–Kier alpha value is -1.61. The van der Waals surface area contributed by atoms with Crippen LogP contribution in [0.15, 0.2) is 41.2 Å². The molecule has 13 heavy (non-hydrogen) atoms. The van der Waals surface area contributed by atoms with Crippen molar-refractivity contribution in [3.63, 3.8) is 0 Å². The normalized spacial score (nSPS) is 10.2. The number of nitrogens with zero attached hydrogens (tertiary/aromatic N) is 1. The van der Waals surface area contributed by atoms with Crippen LogP contribution in [0.3, 0.4) is 0 Å². The predicted octanol–water partition coefficient (Wildman–Crippen LogP) is 1.80. The first-order valence-electron chi connectivity index (χ1n) is 4.09. The van der Waals surface area contributed by atoms with Crippen molar-refractivity contribution in [3.05, 3.63) is 42.3 Å². The zero-order valence-corrected chi connectivity index (χ0v) is 7.10. The summed E-state index contributed by atoms with van der Waals surface area (Å²) in [5, 5.41) is 3.64. The molecule has 1 aromatic heterocycles. The Morgan fingerprint density at radius 2 is 1.92 bits per heavy atom. The molecule has 0 saturated carbocycles. The fraction of sp³-hybridized carbons (Fsp3) is 0.100. The standard InChI is InChI=1S/C10H10N2O/c11-5-8-1-3-9(4-2-8)10-6-12-13-7-10/h1-4,6-7H,5,11H2. The SMILES string of the molecule is NCc1ccc(-c2cnoc2)cc1. The molecule has 0 aliphatic rings. The van der Waals surface area contributed by atoms with E-state index in [1.807, 2.05) is 24.3 Å². The maximum atomic E-state index is 5.49. The van der Waals surface area contributed by atoms with Crippen LogP contribution in [-0.4, -0.2) is 5.16 Å². The fourth-order valence-electron chi connectivity index (χ4n) is 1.18. The van der Waals surface area contributed by atoms with Crippen LogP contribution in [0.25, 0.3) is 11.1 Å². The molecular weight excluding hydrogens is 164 g/mol. The quantitative estimate of drug-likeness (QED) is 0.755. The summed E-state index contributed by atoms with van der Waals surface area (Å²) in [4.78, 5) is 0. The first kappa shape index (κ1) is 8.01. The van der Waals surface area contributed by atoms with E-state index >= 15 is 0 Å². The van der Waals surface area contributed by atoms with Gasteiger partial charge in [-0.1, -0.05) is 29.4 Å². The molecule has 1 heterocycles. The van der Waals surface area contributed by atoms with Gasteiger partial charge in [-0.2, -0.15) is 0 Å². The van der Waals surface area contributed by atoms with Crippen LogP contribution in [0.1, 0.15) is 5.56 Å². The molecule has 0 radical (unpaired) electrons. The second kappa shape index (κ2) is 3.41. The van der Waals surface area contributed by atoms with Crippen molar-refractivity contribution in [3.8, 4) is 11.1 Å². The number of hydrogen-bond donors (Lipinski definition) is 1. The monoisotopic (exact) mass is 174 g/mol. The van der Waals surface area contributed by atoms with E-state index in [0.717, 1.165) is 16.7 Å². The second-order valence-electron chi connectivity index (χ2n) is 2.81. The van der Waals surface area contributed by atoms with Crippen LogP contribution in [0.5, 0.6) is 0 Å². The predicted molar refractivity (Wildman–Crippen MR) is 49.8 cm³/mol. The number of hydrogen-bond acceptors (Lipinski definition) is 3. The van der Waals surface area contributed by atoms with Crippen molar-refractivity contribution in [2.24, 2.45) is 5.73 Å². The van der Waals surface area contributed by atoms with Crippen LogP contribution in [-0.2, 0) is 6.54 Å². The molecule has 3 nitrogen and oxygen atoms in total. The highest BCUT2D eigenvalue weighted by Crippen LogP contribution is 2.18. The minimum absolute atomic E-state index is 0.573. The zero-order valence-electron chi connectivity index (χ0n) is 7.10. The fourth-order valence-corrected chi connectivity index (χ4v) is 1.18. The molecule has 0 aliphatic heterocycles. The molecule has 3 heteroatoms. The maximum absolute atomic E-state index is 5.49. The largest absolute Gasteiger partial charge is 0.364 e. The van der Waals surface area contributed by atoms with Gasteiger partial charge in [0.15, 0.2) is 0 Å². The van der Waals surface area contributed by atoms with E-state index in [2.05, 4.69) is 5.16 Å². The van der Waals surface area contributed by atoms with E-state index in [0.29, 0.717) is 6.54 Å². The van der Waals surface area contributed by atoms with Gasteiger partial charge in [0.05, 0.1) is 6.20 Å². The number of rotatable bonds is 2. The van der Waals surface area contributed by atoms with Crippen molar-refractivity contribution < 1.29 is 4.52 Å². The third-order valence-corrected chi connectivity index (χ3v) is 1.96. The molecule has 66 valence electrons. The van der Waals surface area contributed by atoms with Gasteiger partial charge in [0.1, 0.15) is 6.26 Å². The summed E-state index contributed by atoms with van der Waals surface area (Å²) in [5.74, 6) is 0. The van der Waals surface area contributed by atoms with Gasteiger partial charge >= 0.3 is 0 Å². The first-order chi connectivity index (χ1) is 6.40. The lowest BCUT2D eigenvalue weighted by atomic mass is 10.1. The number of nitrogens with two attached hydrogens (primary N) is 1. The Morgan fingerprint density at radius 1 is 1.15 bits per heavy atom. The van der Waals surface area contributed by atoms with Crippen molar-refractivity contribution in [1.29, 1.82) is 0 Å². The van der Waals surface area contributed by atoms with Gasteiger partial charge in [-0.3, -0.25) is 0 Å². The average Bonchev–Trinajstić information content (AvgIpc) is 2.71. The third kappa shape index (κ3) is 1.60. The summed E-state index contributed by atoms with van der Waals surface area (Å²) in [6, 6.07) is 8.02. The summed E-state index contributed by atoms with van der Waals surface area (Å²) in [6.45, 7) is 0.573. The Kier molecular flexibility index (Phi) is 2.10. The minimum atomic E-state index is 0.573. The molecule has 2 rings (SSSR count). The van der Waals surface area contributed by atoms with E-state index in [4.69, 9.17) is 10.3 Å². The second-order valence-corrected chi connectivity index (χ2v) is 2.81. The minimum Gasteiger partial charge on any atom is -0.364 e. The van der Waals surface area contributed by atoms with Crippen molar-refractivity contribution >= 4 is 0 Å². The number of benzene rings is 1. The van der Waals surface area contributed by atoms with Crippen molar-refractivity contribution in [2.75, 3.05) is 0 Å². The van der Waals surface area contributed by atoms with Gasteiger partial charge in [0, 0.05) is 12.1 Å². The third-order valence-electron chi connectivity index (χ3n) is 1.96. The van der Waals surface area contributed by atoms with Gasteiger partial charge in [-0.25, -0.2) is 0 Å². The molecule has 0 saturated heterocycles. The Labute approximate surface area is 76.2 Å². The molecule has 0 amide bonds. The lowest BCUT2D eigenvalue weighted by Crippen LogP contribution is -1.94. The van der Waals surface area contributed by atoms with E-state index in [-0.39, 0.29) is 0 Å². The Bertz CT molecular complexity index is 364. The molecule has 0 aliphatic carbocycles. The topological polar surface area (TPSA) is 52.0 Å². The van der Waals surface area contributed by atoms with E-state index < -0.39 is 0 Å². The highest BCUT2D eigenvalue weighted by Gasteiger charge is 1.98. The molecule has 0 unspecified atom stereocenters. The Morgan fingerprint density at radius 3 is 2.46 bits per heavy atom. The van der Waals surface area contributed by atoms with Crippen molar-refractivity contribution in [2.45, 2.75) is 6.54 Å². The molecule has 2 N–H and O–H groups in total. The number of aromatic nitrogens is 1. The average molecular weight is 174 g/mol. The molecule has 2 aromatic rings. The van der Waals surface area contributed by atoms with E-state index in [9.17, 15) is 0 Å². The summed E-state index contributed by atoms with van der Waals surface area (Å²) < 4.78 is 4.75. The van der Waals surface area contributed by atoms with Crippen molar-refractivity contribution in [1.82, 2.24) is 5.16 Å². The van der Waals surface area contributed by atoms with Crippen LogP contribution in [0.4, 0.5) is 0 Å². The van der Waals surface area contributed by atoms with E-state index in [1.165, 1.54) is 0 Å². The Balaban J connectivity index is 2.33. The molecule has 0 atom stereocenters. The molecular formula is C10H10N2O. The summed E-state index contributed by atoms with van der Waals surface area (Å²) in [7, 11) is 0. The summed E-state index contributed by atoms with van der Waals surface area (Å²) in [6.07, 6.45) is 3.31. The maximum Gasteiger partial charge on any atom is 0.131 e. The van der Waals surface area contributed by atoms with Gasteiger partial charge in [-0.05, 0) is 11.1 Å². The molecule has 0 spiro atoms. The summed E-state index contributed by atoms with van der Waals surface area (Å²) >= 11 is 0. The van der Waals surface area contributed by atoms with Crippen LogP contribution >= 0.6 is 0 Å². The van der Waals surface area contributed by atoms with Gasteiger partial charge in [0.2, 0.25) is 0 Å². The molecule has 1 aromatic carbocycles. The molecule has 0 bridgehead atoms. The highest BCUT2D eigenvalue weighted by molar-refractivity contribution is 5.61. The van der Waals surface area contributed by atoms with Crippen LogP contribution in [0, 0.1) is 0 Å². The molecule has 0 fully saturated rings. The van der Waals surface area contributed by atoms with Gasteiger partial charge in [0.25, 0.3) is 0 Å². The zero-order chi connectivity index (χ0) is 9.10. The first-order valence-corrected chi connectivity index (χ1v) is 4.09. The van der Waals surface area contributed by atoms with Gasteiger partial charge < -0.3 is 10.3 Å². The van der Waals surface area contributed by atoms with Gasteiger partial charge in [-0.15, -0.1) is 0 Å².